The predicted molar refractivity (Wildman–Crippen MR) is 146 cm³/mol. The molecule has 5 heterocycles. The molecule has 1 aliphatic heterocycles. The summed E-state index contributed by atoms with van der Waals surface area (Å²) in [6.07, 6.45) is 7.71. The lowest BCUT2D eigenvalue weighted by atomic mass is 10.1. The molecule has 0 bridgehead atoms. The van der Waals surface area contributed by atoms with E-state index < -0.39 is 26.0 Å². The Morgan fingerprint density at radius 3 is 2.80 bits per heavy atom. The van der Waals surface area contributed by atoms with Gasteiger partial charge in [0.25, 0.3) is 0 Å². The number of anilines is 2. The summed E-state index contributed by atoms with van der Waals surface area (Å²) in [5.41, 5.74) is 2.49. The van der Waals surface area contributed by atoms with Gasteiger partial charge in [-0.25, -0.2) is 24.9 Å². The van der Waals surface area contributed by atoms with Gasteiger partial charge in [0.1, 0.15) is 41.8 Å². The zero-order valence-electron chi connectivity index (χ0n) is 21.9. The van der Waals surface area contributed by atoms with E-state index in [9.17, 15) is 14.3 Å². The Hall–Kier alpha value is -3.95. The quantitative estimate of drug-likeness (QED) is 0.0919. The summed E-state index contributed by atoms with van der Waals surface area (Å²) >= 11 is 0. The van der Waals surface area contributed by atoms with Crippen LogP contribution >= 0.6 is 7.60 Å². The molecule has 0 aliphatic carbocycles. The van der Waals surface area contributed by atoms with E-state index in [1.54, 1.807) is 30.2 Å². The summed E-state index contributed by atoms with van der Waals surface area (Å²) in [4.78, 5) is 46.1. The molecule has 1 aliphatic rings. The van der Waals surface area contributed by atoms with Crippen LogP contribution in [0.25, 0.3) is 28.3 Å². The molecule has 4 aromatic heterocycles. The number of carbonyl (C=O) groups excluding carboxylic acids is 1. The third kappa shape index (κ3) is 5.80. The van der Waals surface area contributed by atoms with Gasteiger partial charge in [-0.3, -0.25) is 9.36 Å². The van der Waals surface area contributed by atoms with Crippen LogP contribution in [0.1, 0.15) is 11.8 Å². The molecule has 4 unspecified atom stereocenters. The zero-order valence-corrected chi connectivity index (χ0v) is 22.8. The first-order chi connectivity index (χ1) is 19.3. The molecule has 4 aromatic rings. The number of rotatable bonds is 12. The molecule has 0 spiro atoms. The molecule has 0 radical (unpaired) electrons. The number of aromatic nitrogens is 7. The Morgan fingerprint density at radius 1 is 1.23 bits per heavy atom. The van der Waals surface area contributed by atoms with Crippen molar-refractivity contribution >= 4 is 53.4 Å². The van der Waals surface area contributed by atoms with Crippen molar-refractivity contribution in [2.45, 2.75) is 18.4 Å². The van der Waals surface area contributed by atoms with Crippen molar-refractivity contribution < 1.29 is 28.3 Å². The highest BCUT2D eigenvalue weighted by Gasteiger charge is 2.45. The van der Waals surface area contributed by atoms with Crippen molar-refractivity contribution in [3.8, 4) is 0 Å². The second-order valence-electron chi connectivity index (χ2n) is 8.90. The van der Waals surface area contributed by atoms with Crippen molar-refractivity contribution in [2.75, 3.05) is 51.2 Å². The van der Waals surface area contributed by atoms with E-state index in [0.717, 1.165) is 6.66 Å². The Morgan fingerprint density at radius 2 is 2.02 bits per heavy atom. The fraction of sp³-hybridized carbons (Fsp3) is 0.391. The van der Waals surface area contributed by atoms with E-state index in [4.69, 9.17) is 14.0 Å². The highest BCUT2D eigenvalue weighted by molar-refractivity contribution is 7.51. The maximum Gasteiger partial charge on any atom is 0.325 e. The molecule has 1 fully saturated rings. The number of nitrogens with one attached hydrogen (secondary N) is 4. The van der Waals surface area contributed by atoms with Crippen molar-refractivity contribution in [3.63, 3.8) is 0 Å². The average molecular weight is 573 g/mol. The Labute approximate surface area is 228 Å². The number of aromatic amines is 1. The maximum absolute atomic E-state index is 12.6. The molecule has 1 amide bonds. The van der Waals surface area contributed by atoms with Crippen molar-refractivity contribution in [1.82, 2.24) is 39.8 Å². The van der Waals surface area contributed by atoms with Crippen LogP contribution in [0.2, 0.25) is 0 Å². The Bertz CT molecular complexity index is 1580. The van der Waals surface area contributed by atoms with Gasteiger partial charge in [-0.15, -0.1) is 0 Å². The molecular formula is C23H29N10O6P. The van der Waals surface area contributed by atoms with Gasteiger partial charge in [0, 0.05) is 51.7 Å². The maximum atomic E-state index is 12.6. The van der Waals surface area contributed by atoms with Gasteiger partial charge < -0.3 is 44.4 Å². The summed E-state index contributed by atoms with van der Waals surface area (Å²) in [6, 6.07) is 0. The fourth-order valence-corrected chi connectivity index (χ4v) is 4.80. The van der Waals surface area contributed by atoms with E-state index in [-0.39, 0.29) is 12.5 Å². The van der Waals surface area contributed by atoms with Crippen LogP contribution < -0.4 is 16.0 Å². The molecule has 16 nitrogen and oxygen atoms in total. The highest BCUT2D eigenvalue weighted by atomic mass is 31.2. The number of ether oxygens (including phenoxy) is 2. The minimum atomic E-state index is -3.66. The third-order valence-corrected chi connectivity index (χ3v) is 6.84. The molecular weight excluding hydrogens is 543 g/mol. The average Bonchev–Trinajstić information content (AvgIpc) is 3.54. The second kappa shape index (κ2) is 11.7. The number of amides is 1. The zero-order chi connectivity index (χ0) is 28.3. The number of hydrogen-bond donors (Lipinski definition) is 5. The van der Waals surface area contributed by atoms with Crippen LogP contribution in [0, 0.1) is 0 Å². The van der Waals surface area contributed by atoms with Crippen LogP contribution in [-0.4, -0.2) is 98.0 Å². The van der Waals surface area contributed by atoms with E-state index in [2.05, 4.69) is 45.9 Å². The molecule has 40 heavy (non-hydrogen) atoms. The predicted octanol–water partition coefficient (Wildman–Crippen LogP) is 1.12. The number of methoxy groups -OCH3 is 1. The van der Waals surface area contributed by atoms with E-state index >= 15 is 0 Å². The lowest BCUT2D eigenvalue weighted by molar-refractivity contribution is -0.271. The van der Waals surface area contributed by atoms with Gasteiger partial charge in [0.05, 0.1) is 18.3 Å². The van der Waals surface area contributed by atoms with Crippen LogP contribution in [0.3, 0.4) is 0 Å². The van der Waals surface area contributed by atoms with Crippen LogP contribution in [-0.2, 0) is 23.4 Å². The fourth-order valence-electron chi connectivity index (χ4n) is 4.38. The standard InChI is InChI=1S/C23H29N10O6P/c1-24-19-16-13(4-5-15(34)25-6-7-26-20-17-21(29-10-27-17)31-11-30-20)8-33(22(16)32-12-28-19)23-18(37-2)14(39-23)9-38-40(3,35)36/h4-5,8,10-12,14,18,23H,6-7,9H2,1-3H3,(H,25,34)(H,35,36)(H,24,28,32)(H2,26,27,29,30,31)/b5-4+. The third-order valence-electron chi connectivity index (χ3n) is 6.22. The van der Waals surface area contributed by atoms with Gasteiger partial charge in [0.15, 0.2) is 17.7 Å². The highest BCUT2D eigenvalue weighted by Crippen LogP contribution is 2.42. The largest absolute Gasteiger partial charge is 0.374 e. The summed E-state index contributed by atoms with van der Waals surface area (Å²) in [7, 11) is -0.389. The molecule has 5 N–H and O–H groups in total. The molecule has 5 rings (SSSR count). The molecule has 0 saturated carbocycles. The van der Waals surface area contributed by atoms with Crippen LogP contribution in [0.5, 0.6) is 0 Å². The summed E-state index contributed by atoms with van der Waals surface area (Å²) in [5.74, 6) is 0.879. The summed E-state index contributed by atoms with van der Waals surface area (Å²) < 4.78 is 29.9. The molecule has 0 aromatic carbocycles. The normalized spacial score (nSPS) is 20.4. The number of hydrogen-bond acceptors (Lipinski definition) is 12. The summed E-state index contributed by atoms with van der Waals surface area (Å²) in [6.45, 7) is 1.81. The molecule has 1 saturated heterocycles. The van der Waals surface area contributed by atoms with Crippen LogP contribution in [0.4, 0.5) is 11.6 Å². The topological polar surface area (TPSA) is 203 Å². The van der Waals surface area contributed by atoms with Crippen molar-refractivity contribution in [1.29, 1.82) is 0 Å². The van der Waals surface area contributed by atoms with E-state index in [0.29, 0.717) is 52.5 Å². The second-order valence-corrected chi connectivity index (χ2v) is 10.8. The molecule has 17 heteroatoms. The minimum absolute atomic E-state index is 0.0962. The number of imidazole rings is 1. The first-order valence-electron chi connectivity index (χ1n) is 12.3. The number of H-pyrrole nitrogens is 1. The first kappa shape index (κ1) is 27.6. The number of carbonyl (C=O) groups is 1. The lowest BCUT2D eigenvalue weighted by Gasteiger charge is -2.44. The Balaban J connectivity index is 1.26. The molecule has 212 valence electrons. The van der Waals surface area contributed by atoms with Gasteiger partial charge in [-0.05, 0) is 6.08 Å². The van der Waals surface area contributed by atoms with Crippen molar-refractivity contribution in [3.05, 3.63) is 36.8 Å². The molecule has 4 atom stereocenters. The van der Waals surface area contributed by atoms with E-state index in [1.807, 2.05) is 0 Å². The monoisotopic (exact) mass is 572 g/mol. The van der Waals surface area contributed by atoms with Gasteiger partial charge in [-0.1, -0.05) is 0 Å². The summed E-state index contributed by atoms with van der Waals surface area (Å²) in [5, 5.41) is 9.72. The lowest BCUT2D eigenvalue weighted by Crippen LogP contribution is -2.53. The van der Waals surface area contributed by atoms with E-state index in [1.165, 1.54) is 25.8 Å². The minimum Gasteiger partial charge on any atom is -0.374 e. The smallest absolute Gasteiger partial charge is 0.325 e. The van der Waals surface area contributed by atoms with Gasteiger partial charge in [0.2, 0.25) is 5.91 Å². The SMILES string of the molecule is CNc1ncnc2c1c(/C=C/C(=O)NCCNc1ncnc3nc[nH]c13)cn2C1OC(COP(C)(=O)O)C1OC. The van der Waals surface area contributed by atoms with Crippen molar-refractivity contribution in [2.24, 2.45) is 0 Å². The van der Waals surface area contributed by atoms with Crippen LogP contribution in [0.15, 0.2) is 31.3 Å². The Kier molecular flexibility index (Phi) is 8.04. The van der Waals surface area contributed by atoms with Gasteiger partial charge in [-0.2, -0.15) is 0 Å². The number of fused-ring (bicyclic) bond motifs is 2. The first-order valence-corrected chi connectivity index (χ1v) is 14.3. The van der Waals surface area contributed by atoms with Gasteiger partial charge >= 0.3 is 7.60 Å². The number of nitrogens with zero attached hydrogens (tertiary/aromatic N) is 6.